The van der Waals surface area contributed by atoms with Crippen molar-refractivity contribution >= 4 is 17.7 Å². The van der Waals surface area contributed by atoms with Crippen LogP contribution in [0.25, 0.3) is 0 Å². The second-order valence-corrected chi connectivity index (χ2v) is 6.50. The number of hydrogen-bond donors (Lipinski definition) is 1. The third-order valence-electron chi connectivity index (χ3n) is 3.28. The van der Waals surface area contributed by atoms with Crippen molar-refractivity contribution in [3.8, 4) is 0 Å². The fourth-order valence-corrected chi connectivity index (χ4v) is 2.78. The van der Waals surface area contributed by atoms with Crippen LogP contribution in [0.1, 0.15) is 18.4 Å². The Hall–Kier alpha value is -1.89. The quantitative estimate of drug-likeness (QED) is 0.377. The van der Waals surface area contributed by atoms with Crippen LogP contribution in [-0.4, -0.2) is 41.1 Å². The van der Waals surface area contributed by atoms with Gasteiger partial charge in [-0.25, -0.2) is 4.98 Å². The number of thioether (sulfide) groups is 1. The number of carbonyl (C=O) groups excluding carboxylic acids is 1. The zero-order valence-electron chi connectivity index (χ0n) is 14.0. The van der Waals surface area contributed by atoms with Gasteiger partial charge in [0.25, 0.3) is 0 Å². The van der Waals surface area contributed by atoms with Crippen molar-refractivity contribution < 1.29 is 19.4 Å². The van der Waals surface area contributed by atoms with Crippen molar-refractivity contribution in [2.24, 2.45) is 0 Å². The summed E-state index contributed by atoms with van der Waals surface area (Å²) in [5.41, 5.74) is 0.973. The van der Waals surface area contributed by atoms with Crippen molar-refractivity contribution in [1.29, 1.82) is 0 Å². The topological polar surface area (TPSA) is 68.7 Å². The molecule has 1 atom stereocenters. The molecule has 2 aromatic rings. The summed E-state index contributed by atoms with van der Waals surface area (Å²) < 4.78 is 10.6. The molecular weight excluding hydrogens is 338 g/mol. The van der Waals surface area contributed by atoms with Gasteiger partial charge in [0.1, 0.15) is 6.61 Å². The summed E-state index contributed by atoms with van der Waals surface area (Å²) >= 11 is 1.49. The zero-order chi connectivity index (χ0) is 17.7. The van der Waals surface area contributed by atoms with Gasteiger partial charge in [-0.15, -0.1) is 11.8 Å². The third kappa shape index (κ3) is 8.67. The van der Waals surface area contributed by atoms with E-state index in [1.807, 2.05) is 48.5 Å². The van der Waals surface area contributed by atoms with Gasteiger partial charge in [-0.1, -0.05) is 36.4 Å². The predicted octanol–water partition coefficient (Wildman–Crippen LogP) is 3.07. The number of aromatic nitrogens is 1. The lowest BCUT2D eigenvalue weighted by atomic mass is 10.2. The Morgan fingerprint density at radius 2 is 1.96 bits per heavy atom. The summed E-state index contributed by atoms with van der Waals surface area (Å²) in [5.74, 6) is 0.287. The van der Waals surface area contributed by atoms with E-state index in [2.05, 4.69) is 4.98 Å². The smallest absolute Gasteiger partial charge is 0.306 e. The van der Waals surface area contributed by atoms with Crippen molar-refractivity contribution in [2.45, 2.75) is 30.6 Å². The lowest BCUT2D eigenvalue weighted by Crippen LogP contribution is -2.18. The van der Waals surface area contributed by atoms with E-state index in [-0.39, 0.29) is 12.6 Å². The van der Waals surface area contributed by atoms with Gasteiger partial charge in [0.2, 0.25) is 0 Å². The number of aliphatic hydroxyl groups excluding tert-OH is 1. The molecule has 0 aliphatic heterocycles. The maximum Gasteiger partial charge on any atom is 0.306 e. The van der Waals surface area contributed by atoms with E-state index in [1.165, 1.54) is 11.8 Å². The molecule has 1 heterocycles. The van der Waals surface area contributed by atoms with Crippen LogP contribution in [0, 0.1) is 0 Å². The van der Waals surface area contributed by atoms with Crippen molar-refractivity contribution in [2.75, 3.05) is 19.0 Å². The molecule has 1 unspecified atom stereocenters. The molecule has 0 amide bonds. The molecule has 0 saturated heterocycles. The summed E-state index contributed by atoms with van der Waals surface area (Å²) in [6.07, 6.45) is 2.05. The zero-order valence-corrected chi connectivity index (χ0v) is 14.9. The first-order chi connectivity index (χ1) is 12.2. The summed E-state index contributed by atoms with van der Waals surface area (Å²) in [7, 11) is 0. The van der Waals surface area contributed by atoms with Gasteiger partial charge in [0.15, 0.2) is 0 Å². The predicted molar refractivity (Wildman–Crippen MR) is 97.3 cm³/mol. The Balaban J connectivity index is 1.47. The Morgan fingerprint density at radius 1 is 1.16 bits per heavy atom. The molecule has 2 rings (SSSR count). The molecule has 0 bridgehead atoms. The molecule has 0 radical (unpaired) electrons. The first kappa shape index (κ1) is 19.4. The lowest BCUT2D eigenvalue weighted by molar-refractivity contribution is -0.145. The highest BCUT2D eigenvalue weighted by Crippen LogP contribution is 2.15. The molecule has 6 heteroatoms. The maximum absolute atomic E-state index is 11.6. The molecule has 0 aliphatic rings. The SMILES string of the molecule is O=C(CCCOCC(O)CSc1ccccn1)OCc1ccccc1. The fraction of sp³-hybridized carbons (Fsp3) is 0.368. The number of ether oxygens (including phenoxy) is 2. The Labute approximate surface area is 152 Å². The van der Waals surface area contributed by atoms with Crippen LogP contribution in [0.3, 0.4) is 0 Å². The number of carbonyl (C=O) groups is 1. The number of benzene rings is 1. The molecule has 134 valence electrons. The summed E-state index contributed by atoms with van der Waals surface area (Å²) in [6.45, 7) is 0.967. The second-order valence-electron chi connectivity index (χ2n) is 5.46. The number of esters is 1. The van der Waals surface area contributed by atoms with E-state index >= 15 is 0 Å². The van der Waals surface area contributed by atoms with E-state index in [0.29, 0.717) is 31.8 Å². The van der Waals surface area contributed by atoms with Crippen LogP contribution >= 0.6 is 11.8 Å². The first-order valence-electron chi connectivity index (χ1n) is 8.23. The van der Waals surface area contributed by atoms with Crippen LogP contribution in [0.15, 0.2) is 59.8 Å². The number of pyridine rings is 1. The van der Waals surface area contributed by atoms with Gasteiger partial charge in [0, 0.05) is 25.0 Å². The molecule has 1 aromatic heterocycles. The molecule has 0 aliphatic carbocycles. The molecule has 1 N–H and O–H groups in total. The molecule has 0 spiro atoms. The minimum Gasteiger partial charge on any atom is -0.461 e. The van der Waals surface area contributed by atoms with Gasteiger partial charge in [-0.2, -0.15) is 0 Å². The van der Waals surface area contributed by atoms with E-state index < -0.39 is 6.10 Å². The molecule has 0 saturated carbocycles. The summed E-state index contributed by atoms with van der Waals surface area (Å²) in [6, 6.07) is 15.2. The van der Waals surface area contributed by atoms with Gasteiger partial charge >= 0.3 is 5.97 Å². The molecule has 25 heavy (non-hydrogen) atoms. The van der Waals surface area contributed by atoms with Gasteiger partial charge in [-0.05, 0) is 24.1 Å². The standard InChI is InChI=1S/C19H23NO4S/c21-17(15-25-18-9-4-5-11-20-18)14-23-12-6-10-19(22)24-13-16-7-2-1-3-8-16/h1-5,7-9,11,17,21H,6,10,12-15H2. The number of rotatable bonds is 11. The Kier molecular flexibility index (Phi) is 9.04. The number of hydrogen-bond acceptors (Lipinski definition) is 6. The van der Waals surface area contributed by atoms with Crippen LogP contribution < -0.4 is 0 Å². The molecule has 5 nitrogen and oxygen atoms in total. The molecule has 1 aromatic carbocycles. The highest BCUT2D eigenvalue weighted by atomic mass is 32.2. The molecule has 0 fully saturated rings. The normalized spacial score (nSPS) is 11.9. The average Bonchev–Trinajstić information content (AvgIpc) is 2.66. The second kappa shape index (κ2) is 11.6. The first-order valence-corrected chi connectivity index (χ1v) is 9.22. The Morgan fingerprint density at radius 3 is 2.72 bits per heavy atom. The highest BCUT2D eigenvalue weighted by molar-refractivity contribution is 7.99. The van der Waals surface area contributed by atoms with Crippen LogP contribution in [0.5, 0.6) is 0 Å². The third-order valence-corrected chi connectivity index (χ3v) is 4.37. The summed E-state index contributed by atoms with van der Waals surface area (Å²) in [5, 5.41) is 10.7. The largest absolute Gasteiger partial charge is 0.461 e. The van der Waals surface area contributed by atoms with Crippen LogP contribution in [0.4, 0.5) is 0 Å². The van der Waals surface area contributed by atoms with Crippen molar-refractivity contribution in [3.63, 3.8) is 0 Å². The van der Waals surface area contributed by atoms with E-state index in [4.69, 9.17) is 9.47 Å². The van der Waals surface area contributed by atoms with Gasteiger partial charge < -0.3 is 14.6 Å². The van der Waals surface area contributed by atoms with Gasteiger partial charge in [-0.3, -0.25) is 4.79 Å². The van der Waals surface area contributed by atoms with Crippen molar-refractivity contribution in [3.05, 3.63) is 60.3 Å². The monoisotopic (exact) mass is 361 g/mol. The molecular formula is C19H23NO4S. The van der Waals surface area contributed by atoms with Crippen molar-refractivity contribution in [1.82, 2.24) is 4.98 Å². The fourth-order valence-electron chi connectivity index (χ4n) is 2.01. The van der Waals surface area contributed by atoms with E-state index in [9.17, 15) is 9.90 Å². The number of aliphatic hydroxyl groups is 1. The minimum absolute atomic E-state index is 0.237. The average molecular weight is 361 g/mol. The minimum atomic E-state index is -0.558. The number of nitrogens with zero attached hydrogens (tertiary/aromatic N) is 1. The van der Waals surface area contributed by atoms with Crippen LogP contribution in [-0.2, 0) is 20.9 Å². The van der Waals surface area contributed by atoms with E-state index in [0.717, 1.165) is 10.6 Å². The lowest BCUT2D eigenvalue weighted by Gasteiger charge is -2.10. The van der Waals surface area contributed by atoms with E-state index in [1.54, 1.807) is 6.20 Å². The van der Waals surface area contributed by atoms with Crippen LogP contribution in [0.2, 0.25) is 0 Å². The maximum atomic E-state index is 11.6. The Bertz CT molecular complexity index is 609. The van der Waals surface area contributed by atoms with Gasteiger partial charge in [0.05, 0.1) is 17.7 Å². The summed E-state index contributed by atoms with van der Waals surface area (Å²) in [4.78, 5) is 15.8. The highest BCUT2D eigenvalue weighted by Gasteiger charge is 2.07.